The molecule has 0 saturated heterocycles. The Balaban J connectivity index is 0.00000288. The lowest BCUT2D eigenvalue weighted by Gasteiger charge is -2.15. The van der Waals surface area contributed by atoms with E-state index in [0.29, 0.717) is 17.7 Å². The van der Waals surface area contributed by atoms with Gasteiger partial charge in [-0.15, -0.1) is 0 Å². The number of alkyl halides is 3. The molecule has 0 saturated carbocycles. The van der Waals surface area contributed by atoms with Crippen molar-refractivity contribution in [2.24, 2.45) is 0 Å². The van der Waals surface area contributed by atoms with Crippen molar-refractivity contribution < 1.29 is 35.2 Å². The zero-order valence-electron chi connectivity index (χ0n) is 13.4. The summed E-state index contributed by atoms with van der Waals surface area (Å²) in [5.74, 6) is -0.155. The molecule has 2 N–H and O–H groups in total. The van der Waals surface area contributed by atoms with Gasteiger partial charge in [0.15, 0.2) is 12.3 Å². The quantitative estimate of drug-likeness (QED) is 0.572. The maximum Gasteiger partial charge on any atom is 0.422 e. The van der Waals surface area contributed by atoms with E-state index in [4.69, 9.17) is 0 Å². The summed E-state index contributed by atoms with van der Waals surface area (Å²) in [5, 5.41) is 0. The number of ether oxygens (including phenoxy) is 1. The van der Waals surface area contributed by atoms with Gasteiger partial charge < -0.3 is 27.0 Å². The molecule has 0 aliphatic carbocycles. The Morgan fingerprint density at radius 2 is 1.96 bits per heavy atom. The van der Waals surface area contributed by atoms with Crippen LogP contribution in [0.4, 0.5) is 13.2 Å². The second-order valence-electron chi connectivity index (χ2n) is 5.21. The van der Waals surface area contributed by atoms with Gasteiger partial charge in [0.1, 0.15) is 0 Å². The Labute approximate surface area is 143 Å². The molecule has 0 bridgehead atoms. The van der Waals surface area contributed by atoms with Crippen LogP contribution in [-0.2, 0) is 6.54 Å². The number of likely N-dealkylation sites (N-methyl/N-ethyl adjacent to an activating group) is 1. The summed E-state index contributed by atoms with van der Waals surface area (Å²) in [7, 11) is 0. The van der Waals surface area contributed by atoms with E-state index in [-0.39, 0.29) is 24.0 Å². The summed E-state index contributed by atoms with van der Waals surface area (Å²) < 4.78 is 42.7. The number of nitrogens with zero attached hydrogens (tertiary/aromatic N) is 2. The van der Waals surface area contributed by atoms with E-state index in [1.165, 1.54) is 21.6 Å². The fourth-order valence-electron chi connectivity index (χ4n) is 2.33. The highest BCUT2D eigenvalue weighted by Crippen LogP contribution is 2.18. The molecule has 0 aromatic carbocycles. The number of H-pyrrole nitrogens is 1. The van der Waals surface area contributed by atoms with Gasteiger partial charge in [0.25, 0.3) is 0 Å². The van der Waals surface area contributed by atoms with E-state index in [1.807, 2.05) is 0 Å². The number of halogens is 4. The standard InChI is InChI=1S/C14H19F3N4O2.ClH/c1-3-20(4-2)7-8-21-12-10(18-13(21)22)5-6-11(19-12)23-9-14(15,16)17;/h5-6H,3-4,7-9H2,1-2H3,(H,18,22);1H. The first-order chi connectivity index (χ1) is 10.8. The minimum Gasteiger partial charge on any atom is -1.00 e. The first kappa shape index (κ1) is 20.3. The molecular formula is C14H20ClF3N4O2. The van der Waals surface area contributed by atoms with Gasteiger partial charge in [0.05, 0.1) is 31.7 Å². The van der Waals surface area contributed by atoms with Crippen molar-refractivity contribution in [1.29, 1.82) is 0 Å². The molecule has 0 fully saturated rings. The van der Waals surface area contributed by atoms with Crippen LogP contribution in [0.25, 0.3) is 11.2 Å². The number of nitrogens with one attached hydrogen (secondary N) is 2. The third-order valence-corrected chi connectivity index (χ3v) is 3.66. The van der Waals surface area contributed by atoms with Crippen molar-refractivity contribution in [1.82, 2.24) is 14.5 Å². The third kappa shape index (κ3) is 5.13. The van der Waals surface area contributed by atoms with Crippen molar-refractivity contribution in [3.05, 3.63) is 22.6 Å². The van der Waals surface area contributed by atoms with Gasteiger partial charge in [-0.25, -0.2) is 4.79 Å². The number of aromatic nitrogens is 3. The number of rotatable bonds is 7. The molecule has 0 spiro atoms. The van der Waals surface area contributed by atoms with Crippen LogP contribution in [0, 0.1) is 0 Å². The smallest absolute Gasteiger partial charge is 0.422 e. The average molecular weight is 369 g/mol. The molecular weight excluding hydrogens is 349 g/mol. The lowest BCUT2D eigenvalue weighted by Crippen LogP contribution is -3.11. The minimum absolute atomic E-state index is 0. The van der Waals surface area contributed by atoms with E-state index >= 15 is 0 Å². The number of aromatic amines is 1. The molecule has 24 heavy (non-hydrogen) atoms. The molecule has 2 rings (SSSR count). The Morgan fingerprint density at radius 3 is 2.54 bits per heavy atom. The molecule has 2 heterocycles. The van der Waals surface area contributed by atoms with Crippen LogP contribution < -0.4 is 27.7 Å². The van der Waals surface area contributed by atoms with Gasteiger partial charge in [0, 0.05) is 6.07 Å². The fraction of sp³-hybridized carbons (Fsp3) is 0.571. The van der Waals surface area contributed by atoms with Crippen molar-refractivity contribution in [3.63, 3.8) is 0 Å². The highest BCUT2D eigenvalue weighted by Gasteiger charge is 2.28. The number of pyridine rings is 1. The largest absolute Gasteiger partial charge is 1.00 e. The zero-order valence-corrected chi connectivity index (χ0v) is 14.2. The second kappa shape index (κ2) is 8.39. The zero-order chi connectivity index (χ0) is 17.0. The third-order valence-electron chi connectivity index (χ3n) is 3.66. The first-order valence-corrected chi connectivity index (χ1v) is 7.46. The molecule has 10 heteroatoms. The van der Waals surface area contributed by atoms with Crippen LogP contribution in [0.2, 0.25) is 0 Å². The van der Waals surface area contributed by atoms with E-state index in [9.17, 15) is 18.0 Å². The van der Waals surface area contributed by atoms with Crippen LogP contribution in [0.3, 0.4) is 0 Å². The summed E-state index contributed by atoms with van der Waals surface area (Å²) in [4.78, 5) is 20.0. The Hall–Kier alpha value is -1.74. The minimum atomic E-state index is -4.43. The predicted octanol–water partition coefficient (Wildman–Crippen LogP) is -2.41. The Morgan fingerprint density at radius 1 is 1.29 bits per heavy atom. The Kier molecular flexibility index (Phi) is 7.09. The first-order valence-electron chi connectivity index (χ1n) is 7.46. The molecule has 0 radical (unpaired) electrons. The number of quaternary nitrogens is 1. The highest BCUT2D eigenvalue weighted by atomic mass is 35.5. The highest BCUT2D eigenvalue weighted by molar-refractivity contribution is 5.71. The molecule has 6 nitrogen and oxygen atoms in total. The summed E-state index contributed by atoms with van der Waals surface area (Å²) in [5.41, 5.74) is 0.456. The molecule has 0 atom stereocenters. The normalized spacial score (nSPS) is 11.8. The lowest BCUT2D eigenvalue weighted by atomic mass is 10.4. The van der Waals surface area contributed by atoms with Crippen LogP contribution in [0.15, 0.2) is 16.9 Å². The fourth-order valence-corrected chi connectivity index (χ4v) is 2.33. The molecule has 0 aliphatic heterocycles. The van der Waals surface area contributed by atoms with Crippen LogP contribution in [-0.4, -0.2) is 47.0 Å². The molecule has 2 aromatic rings. The summed E-state index contributed by atoms with van der Waals surface area (Å²) >= 11 is 0. The maximum absolute atomic E-state index is 12.2. The van der Waals surface area contributed by atoms with Crippen LogP contribution >= 0.6 is 0 Å². The number of fused-ring (bicyclic) bond motifs is 1. The summed E-state index contributed by atoms with van der Waals surface area (Å²) in [6.45, 7) is 5.72. The SMILES string of the molecule is CC[NH+](CC)CCn1c(=O)[nH]c2ccc(OCC(F)(F)F)nc21.[Cl-]. The molecule has 0 unspecified atom stereocenters. The van der Waals surface area contributed by atoms with Gasteiger partial charge >= 0.3 is 11.9 Å². The van der Waals surface area contributed by atoms with Crippen LogP contribution in [0.5, 0.6) is 5.88 Å². The van der Waals surface area contributed by atoms with E-state index < -0.39 is 12.8 Å². The molecule has 2 aromatic heterocycles. The lowest BCUT2D eigenvalue weighted by molar-refractivity contribution is -0.897. The van der Waals surface area contributed by atoms with Gasteiger partial charge in [-0.05, 0) is 19.9 Å². The predicted molar refractivity (Wildman–Crippen MR) is 78.8 cm³/mol. The second-order valence-corrected chi connectivity index (χ2v) is 5.21. The molecule has 0 aliphatic rings. The monoisotopic (exact) mass is 368 g/mol. The number of hydrogen-bond acceptors (Lipinski definition) is 3. The van der Waals surface area contributed by atoms with Crippen molar-refractivity contribution in [2.75, 3.05) is 26.2 Å². The average Bonchev–Trinajstić information content (AvgIpc) is 2.81. The van der Waals surface area contributed by atoms with Crippen molar-refractivity contribution >= 4 is 11.2 Å². The number of imidazole rings is 1. The van der Waals surface area contributed by atoms with Gasteiger partial charge in [-0.1, -0.05) is 0 Å². The number of hydrogen-bond donors (Lipinski definition) is 2. The van der Waals surface area contributed by atoms with E-state index in [1.54, 1.807) is 0 Å². The maximum atomic E-state index is 12.2. The van der Waals surface area contributed by atoms with Crippen LogP contribution in [0.1, 0.15) is 13.8 Å². The Bertz CT molecular complexity index is 710. The molecule has 0 amide bonds. The van der Waals surface area contributed by atoms with E-state index in [0.717, 1.165) is 19.6 Å². The van der Waals surface area contributed by atoms with Crippen molar-refractivity contribution in [3.8, 4) is 5.88 Å². The van der Waals surface area contributed by atoms with Gasteiger partial charge in [-0.2, -0.15) is 18.2 Å². The molecule has 136 valence electrons. The summed E-state index contributed by atoms with van der Waals surface area (Å²) in [6.07, 6.45) is -4.43. The van der Waals surface area contributed by atoms with Gasteiger partial charge in [0.2, 0.25) is 5.88 Å². The summed E-state index contributed by atoms with van der Waals surface area (Å²) in [6, 6.07) is 2.81. The van der Waals surface area contributed by atoms with E-state index in [2.05, 4.69) is 28.6 Å². The van der Waals surface area contributed by atoms with Crippen molar-refractivity contribution in [2.45, 2.75) is 26.6 Å². The topological polar surface area (TPSA) is 64.4 Å². The van der Waals surface area contributed by atoms with Gasteiger partial charge in [-0.3, -0.25) is 4.57 Å².